The first-order chi connectivity index (χ1) is 12.6. The fraction of sp³-hybridized carbons (Fsp3) is 0.250. The summed E-state index contributed by atoms with van der Waals surface area (Å²) in [6.45, 7) is 8.36. The van der Waals surface area contributed by atoms with Crippen LogP contribution in [0.3, 0.4) is 0 Å². The van der Waals surface area contributed by atoms with Gasteiger partial charge in [-0.05, 0) is 25.8 Å². The van der Waals surface area contributed by atoms with E-state index in [-0.39, 0.29) is 12.3 Å². The third-order valence-corrected chi connectivity index (χ3v) is 5.05. The van der Waals surface area contributed by atoms with E-state index in [1.807, 2.05) is 60.3 Å². The molecule has 5 nitrogen and oxygen atoms in total. The highest BCUT2D eigenvalue weighted by molar-refractivity contribution is 7.12. The van der Waals surface area contributed by atoms with Crippen molar-refractivity contribution in [3.63, 3.8) is 0 Å². The van der Waals surface area contributed by atoms with Gasteiger partial charge in [-0.3, -0.25) is 4.79 Å². The maximum atomic E-state index is 12.2. The first kappa shape index (κ1) is 18.1. The largest absolute Gasteiger partial charge is 0.352 e. The first-order valence-electron chi connectivity index (χ1n) is 8.50. The zero-order valence-electron chi connectivity index (χ0n) is 15.0. The smallest absolute Gasteiger partial charge is 0.226 e. The van der Waals surface area contributed by atoms with Crippen molar-refractivity contribution >= 4 is 17.2 Å². The average Bonchev–Trinajstić information content (AvgIpc) is 3.20. The highest BCUT2D eigenvalue weighted by Crippen LogP contribution is 2.21. The van der Waals surface area contributed by atoms with Crippen LogP contribution in [-0.4, -0.2) is 20.7 Å². The molecule has 134 valence electrons. The molecule has 3 aromatic rings. The Bertz CT molecular complexity index is 911. The van der Waals surface area contributed by atoms with Crippen molar-refractivity contribution < 1.29 is 4.79 Å². The highest BCUT2D eigenvalue weighted by Gasteiger charge is 2.15. The molecular formula is C20H22N4OS. The molecule has 0 radical (unpaired) electrons. The van der Waals surface area contributed by atoms with Gasteiger partial charge in [0.05, 0.1) is 17.8 Å². The minimum atomic E-state index is -0.0357. The number of rotatable bonds is 7. The Hall–Kier alpha value is -2.73. The third kappa shape index (κ3) is 4.08. The summed E-state index contributed by atoms with van der Waals surface area (Å²) in [7, 11) is 0. The number of aromatic nitrogens is 3. The van der Waals surface area contributed by atoms with Crippen molar-refractivity contribution in [2.45, 2.75) is 33.2 Å². The van der Waals surface area contributed by atoms with Gasteiger partial charge in [0.15, 0.2) is 0 Å². The van der Waals surface area contributed by atoms with Crippen LogP contribution in [0.25, 0.3) is 5.13 Å². The van der Waals surface area contributed by atoms with Crippen molar-refractivity contribution in [3.8, 4) is 5.13 Å². The molecule has 0 aliphatic carbocycles. The fourth-order valence-corrected chi connectivity index (χ4v) is 3.62. The molecule has 1 amide bonds. The summed E-state index contributed by atoms with van der Waals surface area (Å²) in [5.41, 5.74) is 5.07. The van der Waals surface area contributed by atoms with E-state index in [9.17, 15) is 4.79 Å². The van der Waals surface area contributed by atoms with Crippen molar-refractivity contribution in [1.29, 1.82) is 0 Å². The van der Waals surface area contributed by atoms with Crippen molar-refractivity contribution in [3.05, 3.63) is 76.6 Å². The number of hydrogen-bond donors (Lipinski definition) is 1. The van der Waals surface area contributed by atoms with Gasteiger partial charge in [0.1, 0.15) is 0 Å². The van der Waals surface area contributed by atoms with Gasteiger partial charge in [0.25, 0.3) is 0 Å². The zero-order valence-corrected chi connectivity index (χ0v) is 15.8. The summed E-state index contributed by atoms with van der Waals surface area (Å²) >= 11 is 1.50. The molecule has 0 saturated carbocycles. The molecule has 0 aliphatic rings. The summed E-state index contributed by atoms with van der Waals surface area (Å²) in [5, 5.41) is 10.2. The Morgan fingerprint density at radius 2 is 2.08 bits per heavy atom. The molecule has 1 N–H and O–H groups in total. The number of nitrogens with one attached hydrogen (secondary N) is 1. The molecule has 2 heterocycles. The van der Waals surface area contributed by atoms with E-state index >= 15 is 0 Å². The van der Waals surface area contributed by atoms with Gasteiger partial charge in [-0.25, -0.2) is 9.67 Å². The number of amides is 1. The zero-order chi connectivity index (χ0) is 18.5. The highest BCUT2D eigenvalue weighted by atomic mass is 32.1. The molecule has 6 heteroatoms. The molecule has 0 aliphatic heterocycles. The Morgan fingerprint density at radius 3 is 2.81 bits per heavy atom. The lowest BCUT2D eigenvalue weighted by atomic mass is 10.1. The Kier molecular flexibility index (Phi) is 5.63. The Balaban J connectivity index is 1.65. The van der Waals surface area contributed by atoms with Crippen molar-refractivity contribution in [1.82, 2.24) is 20.1 Å². The number of nitrogens with zero attached hydrogens (tertiary/aromatic N) is 3. The summed E-state index contributed by atoms with van der Waals surface area (Å²) < 4.78 is 1.85. The molecule has 3 rings (SSSR count). The summed E-state index contributed by atoms with van der Waals surface area (Å²) in [6.07, 6.45) is 2.94. The van der Waals surface area contributed by atoms with E-state index in [4.69, 9.17) is 0 Å². The topological polar surface area (TPSA) is 59.8 Å². The Morgan fingerprint density at radius 1 is 1.31 bits per heavy atom. The van der Waals surface area contributed by atoms with Gasteiger partial charge in [0.2, 0.25) is 11.0 Å². The number of hydrogen-bond acceptors (Lipinski definition) is 4. The maximum Gasteiger partial charge on any atom is 0.226 e. The number of aryl methyl sites for hydroxylation is 1. The van der Waals surface area contributed by atoms with E-state index in [2.05, 4.69) is 22.0 Å². The van der Waals surface area contributed by atoms with Gasteiger partial charge < -0.3 is 5.32 Å². The van der Waals surface area contributed by atoms with Crippen LogP contribution in [0.2, 0.25) is 0 Å². The lowest BCUT2D eigenvalue weighted by Crippen LogP contribution is -2.24. The van der Waals surface area contributed by atoms with E-state index in [1.54, 1.807) is 0 Å². The predicted octanol–water partition coefficient (Wildman–Crippen LogP) is 3.53. The average molecular weight is 366 g/mol. The van der Waals surface area contributed by atoms with Gasteiger partial charge in [-0.2, -0.15) is 5.10 Å². The van der Waals surface area contributed by atoms with Crippen LogP contribution < -0.4 is 5.32 Å². The summed E-state index contributed by atoms with van der Waals surface area (Å²) in [4.78, 5) is 16.7. The maximum absolute atomic E-state index is 12.2. The lowest BCUT2D eigenvalue weighted by molar-refractivity contribution is -0.120. The second-order valence-electron chi connectivity index (χ2n) is 6.11. The molecule has 0 unspecified atom stereocenters. The monoisotopic (exact) mass is 366 g/mol. The number of thiazole rings is 1. The molecule has 0 saturated heterocycles. The van der Waals surface area contributed by atoms with Crippen LogP contribution in [0.1, 0.15) is 28.2 Å². The molecular weight excluding hydrogens is 344 g/mol. The minimum Gasteiger partial charge on any atom is -0.352 e. The molecule has 2 aromatic heterocycles. The molecule has 0 bridgehead atoms. The summed E-state index contributed by atoms with van der Waals surface area (Å²) in [6, 6.07) is 9.86. The molecule has 0 fully saturated rings. The number of benzene rings is 1. The van der Waals surface area contributed by atoms with E-state index in [0.717, 1.165) is 34.2 Å². The quantitative estimate of drug-likeness (QED) is 0.651. The predicted molar refractivity (Wildman–Crippen MR) is 105 cm³/mol. The molecule has 26 heavy (non-hydrogen) atoms. The van der Waals surface area contributed by atoms with Crippen molar-refractivity contribution in [2.75, 3.05) is 0 Å². The molecule has 0 spiro atoms. The minimum absolute atomic E-state index is 0.0357. The van der Waals surface area contributed by atoms with Crippen LogP contribution in [0.5, 0.6) is 0 Å². The first-order valence-corrected chi connectivity index (χ1v) is 9.38. The van der Waals surface area contributed by atoms with Crippen molar-refractivity contribution in [2.24, 2.45) is 0 Å². The second kappa shape index (κ2) is 8.10. The normalized spacial score (nSPS) is 10.7. The van der Waals surface area contributed by atoms with Gasteiger partial charge in [-0.1, -0.05) is 36.4 Å². The Labute approximate surface area is 157 Å². The van der Waals surface area contributed by atoms with E-state index in [1.165, 1.54) is 16.9 Å². The van der Waals surface area contributed by atoms with Gasteiger partial charge in [0, 0.05) is 23.2 Å². The summed E-state index contributed by atoms with van der Waals surface area (Å²) in [5.74, 6) is -0.0357. The number of carbonyl (C=O) groups is 1. The van der Waals surface area contributed by atoms with Gasteiger partial charge >= 0.3 is 0 Å². The molecule has 1 aromatic carbocycles. The van der Waals surface area contributed by atoms with Crippen LogP contribution in [0.4, 0.5) is 0 Å². The standard InChI is InChI=1S/C20H22N4OS/c1-4-8-18-14(2)23-24(15(18)3)20-22-17(13-26-20)11-19(25)21-12-16-9-6-5-7-10-16/h4-7,9-10,13H,1,8,11-12H2,2-3H3,(H,21,25). The van der Waals surface area contributed by atoms with E-state index in [0.29, 0.717) is 6.54 Å². The van der Waals surface area contributed by atoms with Crippen LogP contribution in [0, 0.1) is 13.8 Å². The number of allylic oxidation sites excluding steroid dienone is 1. The van der Waals surface area contributed by atoms with Crippen LogP contribution in [-0.2, 0) is 24.2 Å². The van der Waals surface area contributed by atoms with Crippen LogP contribution >= 0.6 is 11.3 Å². The van der Waals surface area contributed by atoms with Crippen LogP contribution in [0.15, 0.2) is 48.4 Å². The SMILES string of the molecule is C=CCc1c(C)nn(-c2nc(CC(=O)NCc3ccccc3)cs2)c1C. The third-order valence-electron chi connectivity index (χ3n) is 4.18. The second-order valence-corrected chi connectivity index (χ2v) is 6.95. The van der Waals surface area contributed by atoms with Gasteiger partial charge in [-0.15, -0.1) is 17.9 Å². The lowest BCUT2D eigenvalue weighted by Gasteiger charge is -2.04. The fourth-order valence-electron chi connectivity index (χ4n) is 2.80. The van der Waals surface area contributed by atoms with E-state index < -0.39 is 0 Å². The molecule has 0 atom stereocenters. The number of carbonyl (C=O) groups excluding carboxylic acids is 1.